The number of nitrogens with zero attached hydrogens (tertiary/aromatic N) is 1. The molecule has 1 aromatic rings. The van der Waals surface area contributed by atoms with Crippen molar-refractivity contribution in [2.45, 2.75) is 43.7 Å². The van der Waals surface area contributed by atoms with Crippen molar-refractivity contribution >= 4 is 21.7 Å². The predicted molar refractivity (Wildman–Crippen MR) is 81.7 cm³/mol. The summed E-state index contributed by atoms with van der Waals surface area (Å²) in [6.07, 6.45) is 1.84. The summed E-state index contributed by atoms with van der Waals surface area (Å²) in [7, 11) is -1.83. The number of amides is 2. The first kappa shape index (κ1) is 15.8. The lowest BCUT2D eigenvalue weighted by Crippen LogP contribution is -2.34. The number of hydrogen-bond acceptors (Lipinski definition) is 3. The number of hydrogen-bond donors (Lipinski definition) is 2. The summed E-state index contributed by atoms with van der Waals surface area (Å²) >= 11 is 0. The Balaban J connectivity index is 2.06. The summed E-state index contributed by atoms with van der Waals surface area (Å²) in [5.41, 5.74) is 0.557. The summed E-state index contributed by atoms with van der Waals surface area (Å²) in [4.78, 5) is 11.8. The van der Waals surface area contributed by atoms with E-state index in [2.05, 4.69) is 10.6 Å². The second kappa shape index (κ2) is 6.03. The summed E-state index contributed by atoms with van der Waals surface area (Å²) in [5.74, 6) is 0. The monoisotopic (exact) mass is 311 g/mol. The summed E-state index contributed by atoms with van der Waals surface area (Å²) < 4.78 is 26.1. The van der Waals surface area contributed by atoms with E-state index < -0.39 is 10.0 Å². The first-order chi connectivity index (χ1) is 9.80. The van der Waals surface area contributed by atoms with Crippen LogP contribution in [0.2, 0.25) is 0 Å². The summed E-state index contributed by atoms with van der Waals surface area (Å²) in [5, 5.41) is 5.36. The van der Waals surface area contributed by atoms with Crippen molar-refractivity contribution in [1.82, 2.24) is 9.62 Å². The van der Waals surface area contributed by atoms with Gasteiger partial charge in [0.2, 0.25) is 10.0 Å². The van der Waals surface area contributed by atoms with Gasteiger partial charge in [-0.15, -0.1) is 0 Å². The summed E-state index contributed by atoms with van der Waals surface area (Å²) in [6.45, 7) is 3.73. The maximum Gasteiger partial charge on any atom is 0.319 e. The minimum absolute atomic E-state index is 0.0387. The van der Waals surface area contributed by atoms with Crippen molar-refractivity contribution in [2.75, 3.05) is 12.4 Å². The van der Waals surface area contributed by atoms with E-state index in [1.54, 1.807) is 19.2 Å². The zero-order valence-electron chi connectivity index (χ0n) is 12.5. The van der Waals surface area contributed by atoms with Crippen molar-refractivity contribution in [3.05, 3.63) is 24.3 Å². The largest absolute Gasteiger partial charge is 0.336 e. The molecule has 2 N–H and O–H groups in total. The van der Waals surface area contributed by atoms with Gasteiger partial charge in [-0.25, -0.2) is 13.2 Å². The average molecular weight is 311 g/mol. The highest BCUT2D eigenvalue weighted by Crippen LogP contribution is 2.30. The fourth-order valence-corrected chi connectivity index (χ4v) is 3.36. The number of sulfonamides is 1. The number of nitrogens with one attached hydrogen (secondary N) is 2. The van der Waals surface area contributed by atoms with Gasteiger partial charge in [0, 0.05) is 24.8 Å². The van der Waals surface area contributed by atoms with E-state index in [1.807, 2.05) is 13.8 Å². The van der Waals surface area contributed by atoms with Crippen LogP contribution >= 0.6 is 0 Å². The fourth-order valence-electron chi connectivity index (χ4n) is 1.94. The second-order valence-corrected chi connectivity index (χ2v) is 7.53. The molecule has 7 heteroatoms. The molecule has 1 fully saturated rings. The molecular weight excluding hydrogens is 290 g/mol. The molecule has 21 heavy (non-hydrogen) atoms. The second-order valence-electron chi connectivity index (χ2n) is 5.53. The summed E-state index contributed by atoms with van der Waals surface area (Å²) in [6, 6.07) is 6.07. The highest BCUT2D eigenvalue weighted by atomic mass is 32.2. The molecule has 116 valence electrons. The molecule has 2 amide bonds. The Morgan fingerprint density at radius 3 is 2.29 bits per heavy atom. The molecule has 0 aromatic heterocycles. The van der Waals surface area contributed by atoms with Crippen LogP contribution in [0, 0.1) is 0 Å². The minimum Gasteiger partial charge on any atom is -0.336 e. The van der Waals surface area contributed by atoms with Gasteiger partial charge in [0.15, 0.2) is 0 Å². The molecule has 1 aliphatic carbocycles. The van der Waals surface area contributed by atoms with Gasteiger partial charge in [0.1, 0.15) is 0 Å². The minimum atomic E-state index is -3.43. The Labute approximate surface area is 125 Å². The Morgan fingerprint density at radius 2 is 1.81 bits per heavy atom. The van der Waals surface area contributed by atoms with E-state index in [0.717, 1.165) is 12.8 Å². The van der Waals surface area contributed by atoms with Gasteiger partial charge in [-0.05, 0) is 51.0 Å². The zero-order valence-corrected chi connectivity index (χ0v) is 13.3. The normalized spacial score (nSPS) is 15.3. The number of carbonyl (C=O) groups excluding carboxylic acids is 1. The molecule has 6 nitrogen and oxygen atoms in total. The van der Waals surface area contributed by atoms with Crippen LogP contribution in [0.3, 0.4) is 0 Å². The average Bonchev–Trinajstić information content (AvgIpc) is 3.21. The standard InChI is InChI=1S/C14H21N3O3S/c1-10(2)15-14(18)16-11-4-8-13(9-5-11)21(19,20)17(3)12-6-7-12/h4-5,8-10,12H,6-7H2,1-3H3,(H2,15,16,18). The van der Waals surface area contributed by atoms with Gasteiger partial charge in [0.25, 0.3) is 0 Å². The molecule has 1 aliphatic rings. The van der Waals surface area contributed by atoms with Gasteiger partial charge < -0.3 is 10.6 Å². The van der Waals surface area contributed by atoms with Crippen molar-refractivity contribution in [3.63, 3.8) is 0 Å². The first-order valence-electron chi connectivity index (χ1n) is 6.96. The van der Waals surface area contributed by atoms with Crippen LogP contribution in [0.25, 0.3) is 0 Å². The third-order valence-electron chi connectivity index (χ3n) is 3.27. The Kier molecular flexibility index (Phi) is 4.53. The van der Waals surface area contributed by atoms with E-state index in [1.165, 1.54) is 16.4 Å². The quantitative estimate of drug-likeness (QED) is 0.873. The third-order valence-corrected chi connectivity index (χ3v) is 5.19. The van der Waals surface area contributed by atoms with E-state index >= 15 is 0 Å². The molecule has 0 radical (unpaired) electrons. The molecule has 0 unspecified atom stereocenters. The number of carbonyl (C=O) groups is 1. The lowest BCUT2D eigenvalue weighted by molar-refractivity contribution is 0.250. The molecule has 0 saturated heterocycles. The molecule has 2 rings (SSSR count). The highest BCUT2D eigenvalue weighted by molar-refractivity contribution is 7.89. The zero-order chi connectivity index (χ0) is 15.6. The van der Waals surface area contributed by atoms with E-state index in [-0.39, 0.29) is 23.0 Å². The maximum absolute atomic E-state index is 12.3. The van der Waals surface area contributed by atoms with Crippen LogP contribution in [0.5, 0.6) is 0 Å². The lowest BCUT2D eigenvalue weighted by atomic mass is 10.3. The number of rotatable bonds is 5. The highest BCUT2D eigenvalue weighted by Gasteiger charge is 2.34. The van der Waals surface area contributed by atoms with Gasteiger partial charge in [0.05, 0.1) is 4.90 Å². The molecule has 0 heterocycles. The lowest BCUT2D eigenvalue weighted by Gasteiger charge is -2.16. The predicted octanol–water partition coefficient (Wildman–Crippen LogP) is 2.00. The maximum atomic E-state index is 12.3. The van der Waals surface area contributed by atoms with Crippen molar-refractivity contribution < 1.29 is 13.2 Å². The molecular formula is C14H21N3O3S. The molecule has 1 saturated carbocycles. The van der Waals surface area contributed by atoms with Crippen LogP contribution in [-0.2, 0) is 10.0 Å². The number of benzene rings is 1. The van der Waals surface area contributed by atoms with Crippen LogP contribution in [0.1, 0.15) is 26.7 Å². The van der Waals surface area contributed by atoms with E-state index in [9.17, 15) is 13.2 Å². The van der Waals surface area contributed by atoms with Crippen LogP contribution in [0.15, 0.2) is 29.2 Å². The molecule has 0 bridgehead atoms. The Bertz CT molecular complexity index is 607. The van der Waals surface area contributed by atoms with Gasteiger partial charge in [-0.3, -0.25) is 0 Å². The Hall–Kier alpha value is -1.60. The van der Waals surface area contributed by atoms with Gasteiger partial charge in [-0.2, -0.15) is 4.31 Å². The Morgan fingerprint density at radius 1 is 1.24 bits per heavy atom. The molecule has 0 spiro atoms. The third kappa shape index (κ3) is 3.95. The van der Waals surface area contributed by atoms with Gasteiger partial charge >= 0.3 is 6.03 Å². The van der Waals surface area contributed by atoms with Crippen LogP contribution in [-0.4, -0.2) is 37.9 Å². The molecule has 1 aromatic carbocycles. The van der Waals surface area contributed by atoms with Crippen molar-refractivity contribution in [2.24, 2.45) is 0 Å². The van der Waals surface area contributed by atoms with E-state index in [0.29, 0.717) is 5.69 Å². The van der Waals surface area contributed by atoms with Crippen LogP contribution < -0.4 is 10.6 Å². The fraction of sp³-hybridized carbons (Fsp3) is 0.500. The van der Waals surface area contributed by atoms with E-state index in [4.69, 9.17) is 0 Å². The van der Waals surface area contributed by atoms with Crippen molar-refractivity contribution in [1.29, 1.82) is 0 Å². The number of urea groups is 1. The smallest absolute Gasteiger partial charge is 0.319 e. The van der Waals surface area contributed by atoms with Crippen molar-refractivity contribution in [3.8, 4) is 0 Å². The molecule has 0 atom stereocenters. The van der Waals surface area contributed by atoms with Crippen LogP contribution in [0.4, 0.5) is 10.5 Å². The SMILES string of the molecule is CC(C)NC(=O)Nc1ccc(S(=O)(=O)N(C)C2CC2)cc1. The number of anilines is 1. The van der Waals surface area contributed by atoms with Gasteiger partial charge in [-0.1, -0.05) is 0 Å². The topological polar surface area (TPSA) is 78.5 Å². The first-order valence-corrected chi connectivity index (χ1v) is 8.40. The molecule has 0 aliphatic heterocycles.